The molecule has 0 aromatic heterocycles. The van der Waals surface area contributed by atoms with E-state index in [1.165, 1.54) is 17.0 Å². The zero-order chi connectivity index (χ0) is 21.7. The molecule has 0 radical (unpaired) electrons. The molecule has 1 unspecified atom stereocenters. The zero-order valence-corrected chi connectivity index (χ0v) is 17.3. The molecule has 0 bridgehead atoms. The third-order valence-corrected chi connectivity index (χ3v) is 4.93. The molecule has 9 heteroatoms. The monoisotopic (exact) mass is 418 g/mol. The van der Waals surface area contributed by atoms with Gasteiger partial charge in [-0.2, -0.15) is 5.10 Å². The van der Waals surface area contributed by atoms with Crippen molar-refractivity contribution in [2.24, 2.45) is 11.0 Å². The summed E-state index contributed by atoms with van der Waals surface area (Å²) in [5.74, 6) is -0.859. The number of benzene rings is 1. The molecule has 3 amide bonds. The Morgan fingerprint density at radius 3 is 2.77 bits per heavy atom. The first-order valence-corrected chi connectivity index (χ1v) is 10.1. The number of carbonyl (C=O) groups is 3. The molecule has 2 aliphatic rings. The highest BCUT2D eigenvalue weighted by Crippen LogP contribution is 2.15. The van der Waals surface area contributed by atoms with Crippen molar-refractivity contribution >= 4 is 23.4 Å². The normalized spacial score (nSPS) is 20.1. The van der Waals surface area contributed by atoms with E-state index in [9.17, 15) is 18.8 Å². The van der Waals surface area contributed by atoms with E-state index < -0.39 is 6.10 Å². The Morgan fingerprint density at radius 2 is 2.10 bits per heavy atom. The van der Waals surface area contributed by atoms with Crippen LogP contribution in [0.5, 0.6) is 0 Å². The summed E-state index contributed by atoms with van der Waals surface area (Å²) in [6.45, 7) is 5.24. The van der Waals surface area contributed by atoms with Gasteiger partial charge in [-0.05, 0) is 23.6 Å². The van der Waals surface area contributed by atoms with Crippen LogP contribution in [0.1, 0.15) is 32.3 Å². The maximum absolute atomic E-state index is 13.5. The first kappa shape index (κ1) is 21.9. The summed E-state index contributed by atoms with van der Waals surface area (Å²) in [6, 6.07) is 6.14. The number of nitrogens with zero attached hydrogens (tertiary/aromatic N) is 3. The van der Waals surface area contributed by atoms with Gasteiger partial charge in [0.2, 0.25) is 11.8 Å². The molecule has 0 saturated carbocycles. The highest BCUT2D eigenvalue weighted by Gasteiger charge is 2.33. The van der Waals surface area contributed by atoms with E-state index in [1.54, 1.807) is 17.0 Å². The van der Waals surface area contributed by atoms with E-state index in [-0.39, 0.29) is 67.7 Å². The molecular weight excluding hydrogens is 391 g/mol. The fourth-order valence-corrected chi connectivity index (χ4v) is 3.51. The largest absolute Gasteiger partial charge is 0.370 e. The van der Waals surface area contributed by atoms with Gasteiger partial charge in [-0.1, -0.05) is 26.0 Å². The van der Waals surface area contributed by atoms with Gasteiger partial charge in [0.15, 0.2) is 0 Å². The molecule has 2 aliphatic heterocycles. The summed E-state index contributed by atoms with van der Waals surface area (Å²) >= 11 is 0. The Hall–Kier alpha value is -2.81. The van der Waals surface area contributed by atoms with Gasteiger partial charge < -0.3 is 14.5 Å². The molecule has 30 heavy (non-hydrogen) atoms. The molecule has 1 N–H and O–H groups in total. The summed E-state index contributed by atoms with van der Waals surface area (Å²) in [5, 5.41) is 3.86. The number of carbonyl (C=O) groups excluding carboxylic acids is 3. The number of hydrazone groups is 1. The topological polar surface area (TPSA) is 91.3 Å². The standard InChI is InChI=1S/C21H27FN4O4/c1-14(2)9-25-10-17(30-13-15-4-3-5-16(22)8-15)11-26(12-20(25)28)21(29)18-6-7-19(27)24-23-18/h3-5,8,14,17H,6-7,9-13H2,1-2H3,(H,24,27). The molecule has 1 aromatic carbocycles. The first-order chi connectivity index (χ1) is 14.3. The Morgan fingerprint density at radius 1 is 1.30 bits per heavy atom. The highest BCUT2D eigenvalue weighted by molar-refractivity contribution is 6.39. The maximum Gasteiger partial charge on any atom is 0.270 e. The Bertz CT molecular complexity index is 842. The van der Waals surface area contributed by atoms with Gasteiger partial charge in [-0.25, -0.2) is 9.82 Å². The molecule has 1 fully saturated rings. The van der Waals surface area contributed by atoms with Crippen molar-refractivity contribution in [3.63, 3.8) is 0 Å². The fraction of sp³-hybridized carbons (Fsp3) is 0.524. The maximum atomic E-state index is 13.5. The first-order valence-electron chi connectivity index (χ1n) is 10.1. The summed E-state index contributed by atoms with van der Waals surface area (Å²) in [7, 11) is 0. The van der Waals surface area contributed by atoms with Gasteiger partial charge in [-0.15, -0.1) is 0 Å². The molecule has 1 atom stereocenters. The second-order valence-corrected chi connectivity index (χ2v) is 8.03. The third kappa shape index (κ3) is 5.85. The lowest BCUT2D eigenvalue weighted by Gasteiger charge is -2.26. The van der Waals surface area contributed by atoms with E-state index in [0.717, 1.165) is 0 Å². The summed E-state index contributed by atoms with van der Waals surface area (Å²) in [6.07, 6.45) is -0.00760. The zero-order valence-electron chi connectivity index (χ0n) is 17.3. The molecule has 2 heterocycles. The van der Waals surface area contributed by atoms with Crippen molar-refractivity contribution in [1.29, 1.82) is 0 Å². The van der Waals surface area contributed by atoms with Crippen molar-refractivity contribution in [1.82, 2.24) is 15.2 Å². The van der Waals surface area contributed by atoms with E-state index in [4.69, 9.17) is 4.74 Å². The minimum atomic E-state index is -0.429. The van der Waals surface area contributed by atoms with Crippen molar-refractivity contribution in [3.8, 4) is 0 Å². The Balaban J connectivity index is 1.74. The highest BCUT2D eigenvalue weighted by atomic mass is 19.1. The van der Waals surface area contributed by atoms with Crippen LogP contribution >= 0.6 is 0 Å². The van der Waals surface area contributed by atoms with Crippen LogP contribution in [-0.4, -0.2) is 65.5 Å². The van der Waals surface area contributed by atoms with Crippen LogP contribution in [0.25, 0.3) is 0 Å². The summed E-state index contributed by atoms with van der Waals surface area (Å²) < 4.78 is 19.4. The smallest absolute Gasteiger partial charge is 0.270 e. The molecular formula is C21H27FN4O4. The molecule has 0 aliphatic carbocycles. The van der Waals surface area contributed by atoms with Crippen LogP contribution in [0.4, 0.5) is 4.39 Å². The number of rotatable bonds is 6. The molecule has 1 saturated heterocycles. The van der Waals surface area contributed by atoms with Crippen molar-refractivity contribution in [2.45, 2.75) is 39.4 Å². The number of ether oxygens (including phenoxy) is 1. The lowest BCUT2D eigenvalue weighted by Crippen LogP contribution is -2.45. The second kappa shape index (κ2) is 9.80. The quantitative estimate of drug-likeness (QED) is 0.754. The number of hydrogen-bond donors (Lipinski definition) is 1. The van der Waals surface area contributed by atoms with Crippen LogP contribution in [-0.2, 0) is 25.7 Å². The van der Waals surface area contributed by atoms with Crippen LogP contribution in [0.2, 0.25) is 0 Å². The summed E-state index contributed by atoms with van der Waals surface area (Å²) in [5.41, 5.74) is 3.22. The molecule has 3 rings (SSSR count). The van der Waals surface area contributed by atoms with Crippen LogP contribution in [0.15, 0.2) is 29.4 Å². The average Bonchev–Trinajstić information content (AvgIpc) is 2.85. The van der Waals surface area contributed by atoms with Gasteiger partial charge in [0, 0.05) is 32.5 Å². The summed E-state index contributed by atoms with van der Waals surface area (Å²) in [4.78, 5) is 40.1. The van der Waals surface area contributed by atoms with E-state index in [1.807, 2.05) is 13.8 Å². The minimum absolute atomic E-state index is 0.0711. The minimum Gasteiger partial charge on any atom is -0.370 e. The van der Waals surface area contributed by atoms with Crippen molar-refractivity contribution in [2.75, 3.05) is 26.2 Å². The third-order valence-electron chi connectivity index (χ3n) is 4.93. The molecule has 162 valence electrons. The second-order valence-electron chi connectivity index (χ2n) is 8.03. The van der Waals surface area contributed by atoms with Crippen LogP contribution in [0.3, 0.4) is 0 Å². The van der Waals surface area contributed by atoms with E-state index in [0.29, 0.717) is 18.7 Å². The van der Waals surface area contributed by atoms with Gasteiger partial charge in [0.25, 0.3) is 5.91 Å². The number of halogens is 1. The SMILES string of the molecule is CC(C)CN1CC(OCc2cccc(F)c2)CN(C(=O)C2=NNC(=O)CC2)CC1=O. The lowest BCUT2D eigenvalue weighted by molar-refractivity contribution is -0.136. The predicted octanol–water partition coefficient (Wildman–Crippen LogP) is 1.30. The fourth-order valence-electron chi connectivity index (χ4n) is 3.51. The average molecular weight is 418 g/mol. The molecule has 1 aromatic rings. The van der Waals surface area contributed by atoms with Gasteiger partial charge in [-0.3, -0.25) is 14.4 Å². The van der Waals surface area contributed by atoms with Gasteiger partial charge in [0.1, 0.15) is 18.1 Å². The van der Waals surface area contributed by atoms with E-state index >= 15 is 0 Å². The number of hydrogen-bond acceptors (Lipinski definition) is 5. The lowest BCUT2D eigenvalue weighted by atomic mass is 10.1. The van der Waals surface area contributed by atoms with Crippen LogP contribution < -0.4 is 5.43 Å². The molecule has 0 spiro atoms. The number of nitrogens with one attached hydrogen (secondary N) is 1. The van der Waals surface area contributed by atoms with Crippen molar-refractivity contribution < 1.29 is 23.5 Å². The number of amides is 3. The van der Waals surface area contributed by atoms with Crippen LogP contribution in [0, 0.1) is 11.7 Å². The Labute approximate surface area is 175 Å². The predicted molar refractivity (Wildman–Crippen MR) is 108 cm³/mol. The van der Waals surface area contributed by atoms with E-state index in [2.05, 4.69) is 10.5 Å². The molecule has 8 nitrogen and oxygen atoms in total. The van der Waals surface area contributed by atoms with Gasteiger partial charge >= 0.3 is 0 Å². The van der Waals surface area contributed by atoms with Crippen molar-refractivity contribution in [3.05, 3.63) is 35.6 Å². The van der Waals surface area contributed by atoms with Gasteiger partial charge in [0.05, 0.1) is 12.7 Å². The Kier molecular flexibility index (Phi) is 7.15.